The molecular formula is C31H29FN6O2. The van der Waals surface area contributed by atoms with Gasteiger partial charge in [0.05, 0.1) is 24.1 Å². The van der Waals surface area contributed by atoms with E-state index in [0.29, 0.717) is 22.6 Å². The van der Waals surface area contributed by atoms with Crippen molar-refractivity contribution in [3.63, 3.8) is 0 Å². The van der Waals surface area contributed by atoms with Crippen molar-refractivity contribution in [3.8, 4) is 17.1 Å². The van der Waals surface area contributed by atoms with E-state index in [4.69, 9.17) is 5.73 Å². The Morgan fingerprint density at radius 3 is 2.67 bits per heavy atom. The van der Waals surface area contributed by atoms with E-state index < -0.39 is 11.9 Å². The highest BCUT2D eigenvalue weighted by Crippen LogP contribution is 2.32. The Kier molecular flexibility index (Phi) is 6.65. The van der Waals surface area contributed by atoms with Crippen molar-refractivity contribution < 1.29 is 14.3 Å². The van der Waals surface area contributed by atoms with Gasteiger partial charge in [-0.2, -0.15) is 0 Å². The molecule has 1 aliphatic heterocycles. The van der Waals surface area contributed by atoms with Crippen LogP contribution < -0.4 is 16.0 Å². The molecule has 40 heavy (non-hydrogen) atoms. The first-order valence-electron chi connectivity index (χ1n) is 13.2. The van der Waals surface area contributed by atoms with Gasteiger partial charge in [-0.15, -0.1) is 0 Å². The minimum absolute atomic E-state index is 0.122. The monoisotopic (exact) mass is 536 g/mol. The molecular weight excluding hydrogens is 507 g/mol. The zero-order valence-corrected chi connectivity index (χ0v) is 21.9. The highest BCUT2D eigenvalue weighted by atomic mass is 19.1. The Balaban J connectivity index is 1.32. The molecule has 3 heterocycles. The fraction of sp³-hybridized carbons (Fsp3) is 0.194. The fourth-order valence-electron chi connectivity index (χ4n) is 5.24. The number of nitrogens with one attached hydrogen (secondary N) is 2. The second kappa shape index (κ2) is 10.4. The van der Waals surface area contributed by atoms with Crippen LogP contribution in [0.3, 0.4) is 0 Å². The van der Waals surface area contributed by atoms with E-state index in [2.05, 4.69) is 25.2 Å². The molecule has 1 amide bonds. The summed E-state index contributed by atoms with van der Waals surface area (Å²) in [6, 6.07) is 18.0. The van der Waals surface area contributed by atoms with Crippen LogP contribution in [-0.2, 0) is 0 Å². The van der Waals surface area contributed by atoms with Gasteiger partial charge in [0.25, 0.3) is 5.91 Å². The average Bonchev–Trinajstić information content (AvgIpc) is 3.59. The number of anilines is 1. The lowest BCUT2D eigenvalue weighted by Gasteiger charge is -2.20. The maximum atomic E-state index is 14.3. The molecule has 0 bridgehead atoms. The first kappa shape index (κ1) is 25.5. The molecule has 2 aromatic heterocycles. The van der Waals surface area contributed by atoms with E-state index in [9.17, 15) is 14.3 Å². The van der Waals surface area contributed by atoms with E-state index in [1.807, 2.05) is 43.3 Å². The van der Waals surface area contributed by atoms with Gasteiger partial charge in [0.15, 0.2) is 5.82 Å². The molecule has 6 rings (SSSR count). The average molecular weight is 537 g/mol. The van der Waals surface area contributed by atoms with Crippen LogP contribution in [0.4, 0.5) is 10.1 Å². The molecule has 5 N–H and O–H groups in total. The third-order valence-electron chi connectivity index (χ3n) is 7.26. The summed E-state index contributed by atoms with van der Waals surface area (Å²) >= 11 is 0. The minimum Gasteiger partial charge on any atom is -0.508 e. The molecule has 1 unspecified atom stereocenters. The number of aromatic amines is 1. The maximum Gasteiger partial charge on any atom is 0.252 e. The second-order valence-corrected chi connectivity index (χ2v) is 10.3. The number of amides is 1. The van der Waals surface area contributed by atoms with Crippen LogP contribution in [-0.4, -0.2) is 45.1 Å². The summed E-state index contributed by atoms with van der Waals surface area (Å²) < 4.78 is 14.3. The molecule has 1 saturated heterocycles. The van der Waals surface area contributed by atoms with Gasteiger partial charge in [-0.05, 0) is 72.8 Å². The normalized spacial score (nSPS) is 15.9. The second-order valence-electron chi connectivity index (χ2n) is 10.3. The van der Waals surface area contributed by atoms with Crippen LogP contribution in [0.15, 0.2) is 79.1 Å². The number of rotatable bonds is 6. The first-order valence-corrected chi connectivity index (χ1v) is 13.2. The number of para-hydroxylation sites is 1. The number of aryl methyl sites for hydroxylation is 1. The highest BCUT2D eigenvalue weighted by molar-refractivity contribution is 5.96. The Morgan fingerprint density at radius 2 is 1.93 bits per heavy atom. The summed E-state index contributed by atoms with van der Waals surface area (Å²) in [7, 11) is 0. The molecule has 3 aromatic carbocycles. The SMILES string of the molecule is Cc1cc(C(=O)NC(c2cc3ccccc3[nH]2)c2cc(F)ccc2O)cc(-c2ncc(N3CC[C@H](N)C3)cn2)c1. The van der Waals surface area contributed by atoms with Crippen LogP contribution in [0.2, 0.25) is 0 Å². The number of fused-ring (bicyclic) bond motifs is 1. The molecule has 202 valence electrons. The standard InChI is InChI=1S/C31H29FN6O2/c1-18-10-20(30-34-15-24(16-35-30)38-9-8-23(33)17-38)12-21(11-18)31(40)37-29(25-14-22(32)6-7-28(25)39)27-13-19-4-2-3-5-26(19)36-27/h2-7,10-16,23,29,36,39H,8-9,17,33H2,1H3,(H,37,40)/t23-,29?/m0/s1. The predicted molar refractivity (Wildman–Crippen MR) is 153 cm³/mol. The Bertz CT molecular complexity index is 1670. The van der Waals surface area contributed by atoms with Gasteiger partial charge >= 0.3 is 0 Å². The predicted octanol–water partition coefficient (Wildman–Crippen LogP) is 4.83. The van der Waals surface area contributed by atoms with E-state index in [1.165, 1.54) is 18.2 Å². The first-order chi connectivity index (χ1) is 19.3. The quantitative estimate of drug-likeness (QED) is 0.247. The van der Waals surface area contributed by atoms with Crippen molar-refractivity contribution in [1.82, 2.24) is 20.3 Å². The summed E-state index contributed by atoms with van der Waals surface area (Å²) in [4.78, 5) is 28.2. The van der Waals surface area contributed by atoms with Crippen molar-refractivity contribution in [2.75, 3.05) is 18.0 Å². The Morgan fingerprint density at radius 1 is 1.12 bits per heavy atom. The Labute approximate surface area is 230 Å². The number of H-pyrrole nitrogens is 1. The molecule has 8 nitrogen and oxygen atoms in total. The largest absolute Gasteiger partial charge is 0.508 e. The minimum atomic E-state index is -0.832. The number of aromatic nitrogens is 3. The summed E-state index contributed by atoms with van der Waals surface area (Å²) in [5, 5.41) is 14.5. The number of carbonyl (C=O) groups is 1. The van der Waals surface area contributed by atoms with Crippen LogP contribution in [0, 0.1) is 12.7 Å². The molecule has 0 spiro atoms. The van der Waals surface area contributed by atoms with Gasteiger partial charge in [0.2, 0.25) is 0 Å². The number of halogens is 1. The third-order valence-corrected chi connectivity index (χ3v) is 7.26. The molecule has 1 fully saturated rings. The van der Waals surface area contributed by atoms with Crippen molar-refractivity contribution in [3.05, 3.63) is 107 Å². The molecule has 0 aliphatic carbocycles. The van der Waals surface area contributed by atoms with Crippen molar-refractivity contribution in [1.29, 1.82) is 0 Å². The number of aromatic hydroxyl groups is 1. The van der Waals surface area contributed by atoms with Crippen molar-refractivity contribution in [2.24, 2.45) is 5.73 Å². The molecule has 1 aliphatic rings. The van der Waals surface area contributed by atoms with Gasteiger partial charge < -0.3 is 26.0 Å². The van der Waals surface area contributed by atoms with Gasteiger partial charge in [-0.3, -0.25) is 4.79 Å². The van der Waals surface area contributed by atoms with E-state index in [-0.39, 0.29) is 23.3 Å². The van der Waals surface area contributed by atoms with Crippen molar-refractivity contribution in [2.45, 2.75) is 25.4 Å². The summed E-state index contributed by atoms with van der Waals surface area (Å²) in [5.41, 5.74) is 10.6. The molecule has 2 atom stereocenters. The highest BCUT2D eigenvalue weighted by Gasteiger charge is 2.24. The van der Waals surface area contributed by atoms with Crippen LogP contribution in [0.1, 0.15) is 39.6 Å². The van der Waals surface area contributed by atoms with Gasteiger partial charge in [0, 0.05) is 47.0 Å². The number of carbonyl (C=O) groups excluding carboxylic acids is 1. The smallest absolute Gasteiger partial charge is 0.252 e. The molecule has 0 saturated carbocycles. The van der Waals surface area contributed by atoms with Crippen LogP contribution >= 0.6 is 0 Å². The number of hydrogen-bond acceptors (Lipinski definition) is 6. The van der Waals surface area contributed by atoms with Gasteiger partial charge in [-0.1, -0.05) is 18.2 Å². The van der Waals surface area contributed by atoms with E-state index in [1.54, 1.807) is 24.5 Å². The number of phenolic OH excluding ortho intramolecular Hbond substituents is 1. The Hall–Kier alpha value is -4.76. The van der Waals surface area contributed by atoms with E-state index >= 15 is 0 Å². The third kappa shape index (κ3) is 5.11. The number of phenols is 1. The lowest BCUT2D eigenvalue weighted by Crippen LogP contribution is -2.30. The molecule has 9 heteroatoms. The summed E-state index contributed by atoms with van der Waals surface area (Å²) in [6.45, 7) is 3.54. The topological polar surface area (TPSA) is 120 Å². The number of hydrogen-bond donors (Lipinski definition) is 4. The number of nitrogens with zero attached hydrogens (tertiary/aromatic N) is 3. The molecule has 5 aromatic rings. The van der Waals surface area contributed by atoms with Crippen molar-refractivity contribution >= 4 is 22.5 Å². The van der Waals surface area contributed by atoms with E-state index in [0.717, 1.165) is 41.7 Å². The lowest BCUT2D eigenvalue weighted by molar-refractivity contribution is 0.0942. The van der Waals surface area contributed by atoms with Gasteiger partial charge in [-0.25, -0.2) is 14.4 Å². The number of nitrogens with two attached hydrogens (primary N) is 1. The van der Waals surface area contributed by atoms with Crippen LogP contribution in [0.5, 0.6) is 5.75 Å². The molecule has 0 radical (unpaired) electrons. The zero-order chi connectivity index (χ0) is 27.8. The van der Waals surface area contributed by atoms with Crippen LogP contribution in [0.25, 0.3) is 22.3 Å². The lowest BCUT2D eigenvalue weighted by atomic mass is 10.0. The number of benzene rings is 3. The maximum absolute atomic E-state index is 14.3. The summed E-state index contributed by atoms with van der Waals surface area (Å²) in [6.07, 6.45) is 4.49. The fourth-order valence-corrected chi connectivity index (χ4v) is 5.24. The zero-order valence-electron chi connectivity index (χ0n) is 21.9. The van der Waals surface area contributed by atoms with Gasteiger partial charge in [0.1, 0.15) is 11.6 Å². The summed E-state index contributed by atoms with van der Waals surface area (Å²) in [5.74, 6) is -0.528.